The van der Waals surface area contributed by atoms with Crippen LogP contribution in [0, 0.1) is 0 Å². The molecule has 2 amide bonds. The van der Waals surface area contributed by atoms with E-state index in [1.807, 2.05) is 6.07 Å². The number of benzene rings is 5. The van der Waals surface area contributed by atoms with Gasteiger partial charge in [-0.05, 0) is 122 Å². The summed E-state index contributed by atoms with van der Waals surface area (Å²) in [5.41, 5.74) is 1.39. The number of ether oxygens (including phenoxy) is 6. The summed E-state index contributed by atoms with van der Waals surface area (Å²) >= 11 is 12.3. The Hall–Kier alpha value is -8.73. The number of likely N-dealkylation sites (tertiary alicyclic amines) is 1. The number of esters is 1. The number of rotatable bonds is 20. The fourth-order valence-electron chi connectivity index (χ4n) is 12.8. The highest BCUT2D eigenvalue weighted by atomic mass is 35.5. The van der Waals surface area contributed by atoms with E-state index in [-0.39, 0.29) is 109 Å². The zero-order valence-corrected chi connectivity index (χ0v) is 77.1. The predicted octanol–water partition coefficient (Wildman–Crippen LogP) is 14.1. The SMILES string of the molecule is CC(C)OC(=O)Oc1cc(Cl)c(C2OP(=O)(O)C(O)(Cc3cccnc3)P(=O)(O)O2)c(Cl)c1.O=C(Cc1ccccc1)Oc1ccc(C2OP(=O)(O)C(O)(Cc3cccnc3)P(=O)(O)O2)cc1.O=C(Oc1ccccc1C1OP(=O)(O)C(O)(Cc2cccnc2)P(=O)(O)O1)OC1CCC1.O=C1CCCN1C(=O)Oc1ccc(C2OP(=O)(O)C(O)(Cc3cccnc3)P(=O)(O)O2)cc1. The molecule has 44 nitrogen and oxygen atoms in total. The predicted molar refractivity (Wildman–Crippen MR) is 455 cm³/mol. The molecule has 9 aromatic rings. The van der Waals surface area contributed by atoms with Crippen molar-refractivity contribution in [2.75, 3.05) is 6.54 Å². The first-order valence-electron chi connectivity index (χ1n) is 38.9. The van der Waals surface area contributed by atoms with E-state index >= 15 is 0 Å². The second-order valence-corrected chi connectivity index (χ2v) is 47.9. The highest BCUT2D eigenvalue weighted by Crippen LogP contribution is 2.83. The molecule has 8 unspecified atom stereocenters. The number of imide groups is 1. The van der Waals surface area contributed by atoms with Gasteiger partial charge in [0.2, 0.25) is 31.1 Å². The van der Waals surface area contributed by atoms with Crippen molar-refractivity contribution in [1.82, 2.24) is 24.8 Å². The van der Waals surface area contributed by atoms with Gasteiger partial charge in [-0.2, -0.15) is 0 Å². The smallest absolute Gasteiger partial charge is 0.431 e. The Morgan fingerprint density at radius 2 is 0.795 bits per heavy atom. The minimum atomic E-state index is -5.24. The molecule has 6 aliphatic rings. The Labute approximate surface area is 758 Å². The third-order valence-corrected chi connectivity index (χ3v) is 38.9. The lowest BCUT2D eigenvalue weighted by molar-refractivity contribution is -0.133. The molecule has 1 saturated carbocycles. The van der Waals surface area contributed by atoms with Crippen LogP contribution in [0.15, 0.2) is 213 Å². The van der Waals surface area contributed by atoms with E-state index in [0.29, 0.717) is 6.42 Å². The third-order valence-electron chi connectivity index (χ3n) is 19.9. The second-order valence-electron chi connectivity index (χ2n) is 29.8. The number of halogens is 2. The van der Waals surface area contributed by atoms with Gasteiger partial charge in [-0.25, -0.2) is 19.3 Å². The van der Waals surface area contributed by atoms with Crippen molar-refractivity contribution in [1.29, 1.82) is 0 Å². The number of aliphatic hydroxyl groups is 4. The van der Waals surface area contributed by atoms with Crippen LogP contribution in [0.2, 0.25) is 10.0 Å². The van der Waals surface area contributed by atoms with E-state index in [0.717, 1.165) is 41.9 Å². The lowest BCUT2D eigenvalue weighted by Gasteiger charge is -2.41. The molecule has 15 rings (SSSR count). The van der Waals surface area contributed by atoms with Crippen LogP contribution in [-0.4, -0.2) is 154 Å². The number of pyridine rings is 4. The number of para-hydroxylation sites is 1. The van der Waals surface area contributed by atoms with Crippen LogP contribution in [-0.2, 0) is 124 Å². The molecule has 1 aliphatic carbocycles. The van der Waals surface area contributed by atoms with E-state index in [1.54, 1.807) is 38.1 Å². The van der Waals surface area contributed by atoms with Crippen molar-refractivity contribution in [3.63, 3.8) is 0 Å². The summed E-state index contributed by atoms with van der Waals surface area (Å²) in [4.78, 5) is 159. The van der Waals surface area contributed by atoms with Crippen LogP contribution in [0.1, 0.15) is 121 Å². The molecule has 706 valence electrons. The van der Waals surface area contributed by atoms with Gasteiger partial charge in [0.1, 0.15) is 29.1 Å². The van der Waals surface area contributed by atoms with Gasteiger partial charge in [0.25, 0.3) is 20.3 Å². The van der Waals surface area contributed by atoms with Gasteiger partial charge in [0.05, 0.1) is 28.1 Å². The molecule has 5 aliphatic heterocycles. The van der Waals surface area contributed by atoms with Gasteiger partial charge in [-0.3, -0.25) is 102 Å². The molecular weight excluding hydrogens is 1950 g/mol. The number of amides is 2. The first-order valence-corrected chi connectivity index (χ1v) is 52.2. The van der Waals surface area contributed by atoms with E-state index in [4.69, 9.17) is 87.8 Å². The average molecular weight is 2030 g/mol. The number of carbonyl (C=O) groups is 5. The molecule has 0 radical (unpaired) electrons. The fourth-order valence-corrected chi connectivity index (χ4v) is 27.7. The minimum absolute atomic E-state index is 0.0547. The van der Waals surface area contributed by atoms with Gasteiger partial charge >= 0.3 is 85.1 Å². The van der Waals surface area contributed by atoms with Crippen molar-refractivity contribution in [3.8, 4) is 23.0 Å². The molecule has 5 aromatic carbocycles. The fraction of sp³-hybridized carbons (Fsp3) is 0.295. The highest BCUT2D eigenvalue weighted by molar-refractivity contribution is 7.75. The van der Waals surface area contributed by atoms with Crippen molar-refractivity contribution in [2.45, 2.75) is 136 Å². The van der Waals surface area contributed by atoms with E-state index in [1.165, 1.54) is 171 Å². The zero-order chi connectivity index (χ0) is 95.8. The number of aromatic nitrogens is 4. The Balaban J connectivity index is 0.000000159. The molecule has 8 atom stereocenters. The average Bonchev–Trinajstić information content (AvgIpc) is 0.764. The van der Waals surface area contributed by atoms with E-state index in [9.17, 15) is 120 Å². The Kier molecular flexibility index (Phi) is 32.1. The van der Waals surface area contributed by atoms with Crippen LogP contribution in [0.3, 0.4) is 0 Å². The molecule has 9 heterocycles. The quantitative estimate of drug-likeness (QED) is 0.0146. The van der Waals surface area contributed by atoms with Crippen LogP contribution in [0.25, 0.3) is 0 Å². The molecule has 0 bridgehead atoms. The van der Waals surface area contributed by atoms with Crippen LogP contribution >= 0.6 is 84.0 Å². The van der Waals surface area contributed by atoms with Gasteiger partial charge in [0, 0.05) is 117 Å². The number of nitrogens with zero attached hydrogens (tertiary/aromatic N) is 5. The Morgan fingerprint density at radius 3 is 1.15 bits per heavy atom. The minimum Gasteiger partial charge on any atom is -0.431 e. The number of carbonyl (C=O) groups excluding carboxylic acids is 5. The van der Waals surface area contributed by atoms with E-state index < -0.39 is 162 Å². The standard InChI is InChI=1S/C22H21NO9P2.C19H20N2O10P2.C19H21NO10P2.C18H19Cl2NO10P2/c24-20(13-16-5-2-1-3-6-16)30-19-10-8-18(9-11-19)21-31-33(26,27)22(25,34(28,29)32-21)14-17-7-4-12-23-15-17;22-16-4-2-10-21(16)18(23)29-15-7-5-14(6-8-15)17-30-32(25,26)19(24,33(27,28)31-17)11-13-3-1-9-20-12-13;21-18(27-14-6-3-7-14)28-16-9-2-1-8-15(16)17-29-31(23,24)19(22,32(25,26)30-17)11-13-5-4-10-20-12-13;1-10(2)28-17(22)29-12-6-13(19)15(14(20)7-12)16-30-32(24,25)18(23,33(26,27)31-16)8-11-4-3-5-21-9-11/h1-12,15,21,25H,13-14H2,(H,26,27)(H,28,29);1,3,5-9,12,17,24H,2,4,10-11H2,(H,25,26)(H,27,28);1-2,4-5,8-10,12,14,17,22H,3,6-7,11H2,(H,23,24)(H,25,26);3-7,9-10,16,23H,8H2,1-2H3,(H,24,25)(H,26,27). The molecule has 4 aromatic heterocycles. The third kappa shape index (κ3) is 23.3. The molecule has 54 heteroatoms. The number of hydrogen-bond donors (Lipinski definition) is 12. The molecule has 6 fully saturated rings. The maximum Gasteiger partial charge on any atom is 0.514 e. The first kappa shape index (κ1) is 102. The molecule has 12 N–H and O–H groups in total. The summed E-state index contributed by atoms with van der Waals surface area (Å²) < 4.78 is 174. The molecule has 5 saturated heterocycles. The van der Waals surface area contributed by atoms with Crippen molar-refractivity contribution in [2.24, 2.45) is 0 Å². The van der Waals surface area contributed by atoms with Crippen molar-refractivity contribution >= 4 is 114 Å². The van der Waals surface area contributed by atoms with Gasteiger partial charge < -0.3 is 88.0 Å². The summed E-state index contributed by atoms with van der Waals surface area (Å²) in [6, 6.07) is 39.2. The lowest BCUT2D eigenvalue weighted by Crippen LogP contribution is -2.38. The monoisotopic (exact) mass is 2030 g/mol. The van der Waals surface area contributed by atoms with Crippen molar-refractivity contribution in [3.05, 3.63) is 273 Å². The highest BCUT2D eigenvalue weighted by Gasteiger charge is 2.71. The maximum absolute atomic E-state index is 12.9. The summed E-state index contributed by atoms with van der Waals surface area (Å²) in [6.45, 7) is 3.48. The Morgan fingerprint density at radius 1 is 0.432 bits per heavy atom. The molecular formula is C78H81Cl2N5O39P8. The zero-order valence-electron chi connectivity index (χ0n) is 68.4. The van der Waals surface area contributed by atoms with Crippen LogP contribution in [0.5, 0.6) is 23.0 Å². The van der Waals surface area contributed by atoms with Crippen LogP contribution in [0.4, 0.5) is 14.4 Å². The number of hydrogen-bond acceptors (Lipinski definition) is 35. The first-order chi connectivity index (χ1) is 62.0. The molecule has 0 spiro atoms. The van der Waals surface area contributed by atoms with E-state index in [2.05, 4.69) is 19.9 Å². The lowest BCUT2D eigenvalue weighted by atomic mass is 9.96. The maximum atomic E-state index is 12.9. The largest absolute Gasteiger partial charge is 0.514 e. The van der Waals surface area contributed by atoms with Gasteiger partial charge in [-0.15, -0.1) is 0 Å². The summed E-state index contributed by atoms with van der Waals surface area (Å²) in [5, 5.41) is 30.0. The normalized spacial score (nSPS) is 30.8. The Bertz CT molecular complexity index is 5990. The van der Waals surface area contributed by atoms with Crippen molar-refractivity contribution < 1.29 is 185 Å². The topological polar surface area (TPSA) is 649 Å². The van der Waals surface area contributed by atoms with Gasteiger partial charge in [0.15, 0.2) is 0 Å². The summed E-state index contributed by atoms with van der Waals surface area (Å²) in [6.07, 6.45) is 0.259. The van der Waals surface area contributed by atoms with Gasteiger partial charge in [-0.1, -0.05) is 120 Å². The summed E-state index contributed by atoms with van der Waals surface area (Å²) in [5.74, 6) is -0.872. The van der Waals surface area contributed by atoms with Crippen LogP contribution < -0.4 is 18.9 Å². The molecule has 132 heavy (non-hydrogen) atoms. The second kappa shape index (κ2) is 41.5. The summed E-state index contributed by atoms with van der Waals surface area (Å²) in [7, 11) is -41.2.